The molecular weight excluding hydrogens is 306 g/mol. The highest BCUT2D eigenvalue weighted by atomic mass is 35.5. The van der Waals surface area contributed by atoms with Gasteiger partial charge >= 0.3 is 0 Å². The molecule has 1 amide bonds. The second kappa shape index (κ2) is 7.40. The molecule has 0 aliphatic carbocycles. The SMILES string of the molecule is Cl.O=C(NCc1coc(-c2ccccc2)n1)C1CC(O)CN1. The molecule has 6 nitrogen and oxygen atoms in total. The van der Waals surface area contributed by atoms with Crippen molar-refractivity contribution in [2.75, 3.05) is 6.54 Å². The number of hydrogen-bond donors (Lipinski definition) is 3. The number of aromatic nitrogens is 1. The Hall–Kier alpha value is -1.89. The first kappa shape index (κ1) is 16.5. The lowest BCUT2D eigenvalue weighted by molar-refractivity contribution is -0.123. The molecule has 7 heteroatoms. The molecule has 2 heterocycles. The Morgan fingerprint density at radius 2 is 2.18 bits per heavy atom. The van der Waals surface area contributed by atoms with Gasteiger partial charge in [0.2, 0.25) is 11.8 Å². The van der Waals surface area contributed by atoms with E-state index < -0.39 is 6.10 Å². The van der Waals surface area contributed by atoms with Crippen molar-refractivity contribution >= 4 is 18.3 Å². The summed E-state index contributed by atoms with van der Waals surface area (Å²) in [7, 11) is 0. The highest BCUT2D eigenvalue weighted by Crippen LogP contribution is 2.17. The lowest BCUT2D eigenvalue weighted by atomic mass is 10.2. The molecule has 3 N–H and O–H groups in total. The van der Waals surface area contributed by atoms with Crippen LogP contribution in [0.1, 0.15) is 12.1 Å². The molecule has 3 rings (SSSR count). The summed E-state index contributed by atoms with van der Waals surface area (Å²) in [6.07, 6.45) is 1.54. The highest BCUT2D eigenvalue weighted by Gasteiger charge is 2.27. The first-order chi connectivity index (χ1) is 10.2. The summed E-state index contributed by atoms with van der Waals surface area (Å²) in [5.41, 5.74) is 1.57. The molecule has 118 valence electrons. The number of β-amino-alcohol motifs (C(OH)–C–C–N with tert-alkyl or cyclic N) is 1. The number of halogens is 1. The van der Waals surface area contributed by atoms with Gasteiger partial charge in [-0.3, -0.25) is 4.79 Å². The van der Waals surface area contributed by atoms with Gasteiger partial charge in [0.05, 0.1) is 24.4 Å². The summed E-state index contributed by atoms with van der Waals surface area (Å²) in [5, 5.41) is 15.2. The second-order valence-electron chi connectivity index (χ2n) is 5.08. The monoisotopic (exact) mass is 323 g/mol. The van der Waals surface area contributed by atoms with Gasteiger partial charge < -0.3 is 20.2 Å². The second-order valence-corrected chi connectivity index (χ2v) is 5.08. The van der Waals surface area contributed by atoms with E-state index in [9.17, 15) is 9.90 Å². The van der Waals surface area contributed by atoms with Crippen LogP contribution in [0.15, 0.2) is 41.0 Å². The highest BCUT2D eigenvalue weighted by molar-refractivity contribution is 5.85. The number of carbonyl (C=O) groups is 1. The smallest absolute Gasteiger partial charge is 0.237 e. The van der Waals surface area contributed by atoms with E-state index in [1.807, 2.05) is 30.3 Å². The van der Waals surface area contributed by atoms with E-state index >= 15 is 0 Å². The van der Waals surface area contributed by atoms with Crippen molar-refractivity contribution in [1.82, 2.24) is 15.6 Å². The van der Waals surface area contributed by atoms with Gasteiger partial charge in [-0.1, -0.05) is 18.2 Å². The molecular formula is C15H18ClN3O3. The molecule has 0 saturated carbocycles. The van der Waals surface area contributed by atoms with Crippen molar-refractivity contribution in [3.63, 3.8) is 0 Å². The largest absolute Gasteiger partial charge is 0.444 e. The number of hydrogen-bond acceptors (Lipinski definition) is 5. The summed E-state index contributed by atoms with van der Waals surface area (Å²) in [6.45, 7) is 0.768. The first-order valence-corrected chi connectivity index (χ1v) is 6.91. The average Bonchev–Trinajstić information content (AvgIpc) is 3.15. The molecule has 0 bridgehead atoms. The van der Waals surface area contributed by atoms with Crippen molar-refractivity contribution in [3.8, 4) is 11.5 Å². The number of aliphatic hydroxyl groups is 1. The fraction of sp³-hybridized carbons (Fsp3) is 0.333. The van der Waals surface area contributed by atoms with Gasteiger partial charge in [-0.05, 0) is 18.6 Å². The number of rotatable bonds is 4. The van der Waals surface area contributed by atoms with Crippen LogP contribution in [0.3, 0.4) is 0 Å². The van der Waals surface area contributed by atoms with Crippen LogP contribution in [0, 0.1) is 0 Å². The van der Waals surface area contributed by atoms with E-state index in [0.29, 0.717) is 31.1 Å². The maximum atomic E-state index is 11.9. The maximum Gasteiger partial charge on any atom is 0.237 e. The predicted octanol–water partition coefficient (Wildman–Crippen LogP) is 1.10. The van der Waals surface area contributed by atoms with Crippen LogP contribution in [0.25, 0.3) is 11.5 Å². The Kier molecular flexibility index (Phi) is 5.54. The maximum absolute atomic E-state index is 11.9. The van der Waals surface area contributed by atoms with Gasteiger partial charge in [-0.2, -0.15) is 0 Å². The van der Waals surface area contributed by atoms with Crippen LogP contribution in [0.4, 0.5) is 0 Å². The normalized spacial score (nSPS) is 20.4. The first-order valence-electron chi connectivity index (χ1n) is 6.91. The lowest BCUT2D eigenvalue weighted by Crippen LogP contribution is -2.40. The van der Waals surface area contributed by atoms with E-state index in [0.717, 1.165) is 5.56 Å². The summed E-state index contributed by atoms with van der Waals surface area (Å²) in [4.78, 5) is 16.2. The van der Waals surface area contributed by atoms with Crippen LogP contribution >= 0.6 is 12.4 Å². The predicted molar refractivity (Wildman–Crippen MR) is 83.4 cm³/mol. The third kappa shape index (κ3) is 3.85. The van der Waals surface area contributed by atoms with Crippen molar-refractivity contribution < 1.29 is 14.3 Å². The molecule has 2 aromatic rings. The Morgan fingerprint density at radius 1 is 1.41 bits per heavy atom. The van der Waals surface area contributed by atoms with E-state index in [4.69, 9.17) is 4.42 Å². The zero-order valence-electron chi connectivity index (χ0n) is 11.9. The van der Waals surface area contributed by atoms with Crippen LogP contribution < -0.4 is 10.6 Å². The number of aliphatic hydroxyl groups excluding tert-OH is 1. The van der Waals surface area contributed by atoms with Gasteiger partial charge in [0, 0.05) is 12.1 Å². The molecule has 1 aliphatic rings. The lowest BCUT2D eigenvalue weighted by Gasteiger charge is -2.09. The van der Waals surface area contributed by atoms with Crippen molar-refractivity contribution in [2.45, 2.75) is 25.1 Å². The van der Waals surface area contributed by atoms with E-state index in [2.05, 4.69) is 15.6 Å². The molecule has 0 spiro atoms. The molecule has 1 aliphatic heterocycles. The number of carbonyl (C=O) groups excluding carboxylic acids is 1. The van der Waals surface area contributed by atoms with E-state index in [1.165, 1.54) is 0 Å². The van der Waals surface area contributed by atoms with Crippen LogP contribution in [0.5, 0.6) is 0 Å². The zero-order chi connectivity index (χ0) is 14.7. The summed E-state index contributed by atoms with van der Waals surface area (Å²) < 4.78 is 5.41. The Labute approximate surface area is 134 Å². The van der Waals surface area contributed by atoms with Crippen LogP contribution in [-0.2, 0) is 11.3 Å². The molecule has 0 radical (unpaired) electrons. The van der Waals surface area contributed by atoms with Gasteiger partial charge in [-0.15, -0.1) is 12.4 Å². The van der Waals surface area contributed by atoms with Crippen LogP contribution in [-0.4, -0.2) is 34.7 Å². The van der Waals surface area contributed by atoms with E-state index in [-0.39, 0.29) is 24.4 Å². The average molecular weight is 324 g/mol. The number of nitrogens with zero attached hydrogens (tertiary/aromatic N) is 1. The molecule has 1 saturated heterocycles. The summed E-state index contributed by atoms with van der Waals surface area (Å²) in [6, 6.07) is 9.25. The minimum Gasteiger partial charge on any atom is -0.444 e. The van der Waals surface area contributed by atoms with Gasteiger partial charge in [-0.25, -0.2) is 4.98 Å². The Balaban J connectivity index is 0.00000176. The fourth-order valence-electron chi connectivity index (χ4n) is 2.32. The Bertz CT molecular complexity index is 618. The van der Waals surface area contributed by atoms with Crippen molar-refractivity contribution in [2.24, 2.45) is 0 Å². The molecule has 22 heavy (non-hydrogen) atoms. The number of nitrogens with one attached hydrogen (secondary N) is 2. The van der Waals surface area contributed by atoms with E-state index in [1.54, 1.807) is 6.26 Å². The number of amides is 1. The number of benzene rings is 1. The van der Waals surface area contributed by atoms with Gasteiger partial charge in [0.15, 0.2) is 0 Å². The van der Waals surface area contributed by atoms with Gasteiger partial charge in [0.25, 0.3) is 0 Å². The minimum atomic E-state index is -0.447. The minimum absolute atomic E-state index is 0. The Morgan fingerprint density at radius 3 is 2.86 bits per heavy atom. The third-order valence-electron chi connectivity index (χ3n) is 3.44. The standard InChI is InChI=1S/C15H17N3O3.ClH/c19-12-6-13(16-8-12)14(20)17-7-11-9-21-15(18-11)10-4-2-1-3-5-10;/h1-5,9,12-13,16,19H,6-8H2,(H,17,20);1H. The molecule has 2 unspecified atom stereocenters. The summed E-state index contributed by atoms with van der Waals surface area (Å²) >= 11 is 0. The molecule has 1 aromatic heterocycles. The molecule has 1 aromatic carbocycles. The summed E-state index contributed by atoms with van der Waals surface area (Å²) in [5.74, 6) is 0.407. The van der Waals surface area contributed by atoms with Crippen molar-refractivity contribution in [1.29, 1.82) is 0 Å². The number of oxazole rings is 1. The van der Waals surface area contributed by atoms with Crippen molar-refractivity contribution in [3.05, 3.63) is 42.3 Å². The topological polar surface area (TPSA) is 87.4 Å². The molecule has 1 fully saturated rings. The molecule has 2 atom stereocenters. The van der Waals surface area contributed by atoms with Gasteiger partial charge in [0.1, 0.15) is 6.26 Å². The quantitative estimate of drug-likeness (QED) is 0.784. The third-order valence-corrected chi connectivity index (χ3v) is 3.44. The van der Waals surface area contributed by atoms with Crippen LogP contribution in [0.2, 0.25) is 0 Å². The zero-order valence-corrected chi connectivity index (χ0v) is 12.7. The fourth-order valence-corrected chi connectivity index (χ4v) is 2.32.